The van der Waals surface area contributed by atoms with Crippen molar-refractivity contribution in [3.05, 3.63) is 23.3 Å². The van der Waals surface area contributed by atoms with Crippen molar-refractivity contribution in [3.63, 3.8) is 0 Å². The number of amidine groups is 1. The molecule has 1 aliphatic carbocycles. The molecule has 3 nitrogen and oxygen atoms in total. The fourth-order valence-electron chi connectivity index (χ4n) is 2.11. The first-order chi connectivity index (χ1) is 7.31. The zero-order valence-corrected chi connectivity index (χ0v) is 9.42. The van der Waals surface area contributed by atoms with E-state index in [0.717, 1.165) is 32.0 Å². The van der Waals surface area contributed by atoms with Gasteiger partial charge in [-0.3, -0.25) is 0 Å². The Labute approximate surface area is 90.9 Å². The lowest BCUT2D eigenvalue weighted by Crippen LogP contribution is -2.34. The quantitative estimate of drug-likeness (QED) is 0.750. The van der Waals surface area contributed by atoms with Crippen LogP contribution in [0, 0.1) is 0 Å². The van der Waals surface area contributed by atoms with E-state index in [1.54, 1.807) is 0 Å². The van der Waals surface area contributed by atoms with Crippen LogP contribution in [0.15, 0.2) is 28.3 Å². The summed E-state index contributed by atoms with van der Waals surface area (Å²) < 4.78 is 5.36. The molecule has 1 unspecified atom stereocenters. The molecule has 0 aromatic rings. The molecular weight excluding hydrogens is 188 g/mol. The maximum atomic E-state index is 5.36. The molecule has 0 amide bonds. The van der Waals surface area contributed by atoms with Crippen molar-refractivity contribution in [1.82, 2.24) is 5.32 Å². The molecule has 0 spiro atoms. The van der Waals surface area contributed by atoms with Crippen molar-refractivity contribution in [2.75, 3.05) is 13.2 Å². The summed E-state index contributed by atoms with van der Waals surface area (Å²) >= 11 is 0. The van der Waals surface area contributed by atoms with Gasteiger partial charge in [0.1, 0.15) is 6.61 Å². The summed E-state index contributed by atoms with van der Waals surface area (Å²) in [5.74, 6) is 0. The molecule has 1 N–H and O–H groups in total. The minimum absolute atomic E-state index is 0.410. The van der Waals surface area contributed by atoms with Crippen molar-refractivity contribution in [1.29, 1.82) is 0 Å². The normalized spacial score (nSPS) is 26.0. The second-order valence-electron chi connectivity index (χ2n) is 3.98. The van der Waals surface area contributed by atoms with E-state index in [1.165, 1.54) is 11.1 Å². The molecule has 0 aromatic carbocycles. The van der Waals surface area contributed by atoms with Crippen LogP contribution in [-0.2, 0) is 4.74 Å². The highest BCUT2D eigenvalue weighted by Gasteiger charge is 2.22. The molecule has 0 aromatic heterocycles. The number of allylic oxidation sites excluding steroid dienone is 3. The van der Waals surface area contributed by atoms with Gasteiger partial charge in [-0.05, 0) is 37.8 Å². The van der Waals surface area contributed by atoms with Crippen molar-refractivity contribution in [2.45, 2.75) is 32.7 Å². The van der Waals surface area contributed by atoms with E-state index in [0.29, 0.717) is 6.04 Å². The van der Waals surface area contributed by atoms with E-state index in [-0.39, 0.29) is 0 Å². The van der Waals surface area contributed by atoms with Gasteiger partial charge in [-0.25, -0.2) is 4.99 Å². The van der Waals surface area contributed by atoms with Crippen LogP contribution in [0.4, 0.5) is 0 Å². The second kappa shape index (κ2) is 4.51. The molecule has 82 valence electrons. The molecule has 1 heterocycles. The van der Waals surface area contributed by atoms with Gasteiger partial charge in [0.15, 0.2) is 0 Å². The van der Waals surface area contributed by atoms with E-state index >= 15 is 0 Å². The fourth-order valence-corrected chi connectivity index (χ4v) is 2.11. The average molecular weight is 206 g/mol. The largest absolute Gasteiger partial charge is 0.463 e. The minimum atomic E-state index is 0.410. The molecule has 1 atom stereocenters. The molecule has 0 radical (unpaired) electrons. The zero-order chi connectivity index (χ0) is 10.7. The Balaban J connectivity index is 2.00. The summed E-state index contributed by atoms with van der Waals surface area (Å²) in [4.78, 5) is 4.25. The second-order valence-corrected chi connectivity index (χ2v) is 3.98. The van der Waals surface area contributed by atoms with Crippen LogP contribution in [0.3, 0.4) is 0 Å². The monoisotopic (exact) mass is 206 g/mol. The van der Waals surface area contributed by atoms with E-state index in [2.05, 4.69) is 36.3 Å². The number of rotatable bonds is 2. The molecule has 2 rings (SSSR count). The van der Waals surface area contributed by atoms with Crippen molar-refractivity contribution in [2.24, 2.45) is 4.99 Å². The number of hydrogen-bond acceptors (Lipinski definition) is 3. The molecule has 1 aliphatic heterocycles. The van der Waals surface area contributed by atoms with Gasteiger partial charge in [0.05, 0.1) is 12.6 Å². The Kier molecular flexibility index (Phi) is 3.09. The predicted octanol–water partition coefficient (Wildman–Crippen LogP) is 2.02. The first-order valence-corrected chi connectivity index (χ1v) is 5.57. The van der Waals surface area contributed by atoms with Gasteiger partial charge >= 0.3 is 0 Å². The highest BCUT2D eigenvalue weighted by molar-refractivity contribution is 5.75. The molecule has 2 aliphatic rings. The molecule has 3 heteroatoms. The highest BCUT2D eigenvalue weighted by atomic mass is 16.5. The van der Waals surface area contributed by atoms with Crippen LogP contribution < -0.4 is 5.32 Å². The lowest BCUT2D eigenvalue weighted by Gasteiger charge is -2.14. The minimum Gasteiger partial charge on any atom is -0.463 e. The number of hydrogen-bond donors (Lipinski definition) is 1. The average Bonchev–Trinajstić information content (AvgIpc) is 2.83. The van der Waals surface area contributed by atoms with E-state index in [1.807, 2.05) is 0 Å². The SMILES string of the molecule is C/C=C\C1=C(C)C(NC2=NCCO2)CC1. The molecule has 0 bridgehead atoms. The number of nitrogens with one attached hydrogen (secondary N) is 1. The Hall–Kier alpha value is -1.25. The smallest absolute Gasteiger partial charge is 0.285 e. The molecule has 0 saturated carbocycles. The predicted molar refractivity (Wildman–Crippen MR) is 61.9 cm³/mol. The summed E-state index contributed by atoms with van der Waals surface area (Å²) in [6.45, 7) is 5.76. The Morgan fingerprint density at radius 1 is 1.53 bits per heavy atom. The Morgan fingerprint density at radius 2 is 2.40 bits per heavy atom. The molecule has 0 saturated heterocycles. The maximum Gasteiger partial charge on any atom is 0.285 e. The third-order valence-electron chi connectivity index (χ3n) is 2.98. The fraction of sp³-hybridized carbons (Fsp3) is 0.583. The van der Waals surface area contributed by atoms with Gasteiger partial charge in [0, 0.05) is 0 Å². The van der Waals surface area contributed by atoms with Gasteiger partial charge in [-0.15, -0.1) is 0 Å². The van der Waals surface area contributed by atoms with Crippen molar-refractivity contribution >= 4 is 6.02 Å². The number of nitrogens with zero attached hydrogens (tertiary/aromatic N) is 1. The van der Waals surface area contributed by atoms with Gasteiger partial charge in [-0.1, -0.05) is 12.2 Å². The summed E-state index contributed by atoms with van der Waals surface area (Å²) in [6, 6.07) is 1.13. The van der Waals surface area contributed by atoms with Crippen molar-refractivity contribution in [3.8, 4) is 0 Å². The topological polar surface area (TPSA) is 33.6 Å². The highest BCUT2D eigenvalue weighted by Crippen LogP contribution is 2.27. The molecular formula is C12H18N2O. The van der Waals surface area contributed by atoms with Crippen molar-refractivity contribution < 1.29 is 4.74 Å². The summed E-state index contributed by atoms with van der Waals surface area (Å²) in [5.41, 5.74) is 2.87. The van der Waals surface area contributed by atoms with Crippen LogP contribution in [0.1, 0.15) is 26.7 Å². The van der Waals surface area contributed by atoms with Gasteiger partial charge in [0.2, 0.25) is 0 Å². The van der Waals surface area contributed by atoms with E-state index in [9.17, 15) is 0 Å². The maximum absolute atomic E-state index is 5.36. The molecule has 15 heavy (non-hydrogen) atoms. The van der Waals surface area contributed by atoms with Crippen LogP contribution in [0.25, 0.3) is 0 Å². The lowest BCUT2D eigenvalue weighted by molar-refractivity contribution is 0.327. The molecule has 0 fully saturated rings. The van der Waals surface area contributed by atoms with Crippen LogP contribution in [0.2, 0.25) is 0 Å². The first kappa shape index (κ1) is 10.3. The van der Waals surface area contributed by atoms with E-state index < -0.39 is 0 Å². The van der Waals surface area contributed by atoms with Gasteiger partial charge in [0.25, 0.3) is 6.02 Å². The van der Waals surface area contributed by atoms with Crippen LogP contribution >= 0.6 is 0 Å². The third-order valence-corrected chi connectivity index (χ3v) is 2.98. The number of ether oxygens (including phenoxy) is 1. The summed E-state index contributed by atoms with van der Waals surface area (Å²) in [7, 11) is 0. The van der Waals surface area contributed by atoms with Crippen LogP contribution in [-0.4, -0.2) is 25.2 Å². The van der Waals surface area contributed by atoms with Gasteiger partial charge < -0.3 is 10.1 Å². The standard InChI is InChI=1S/C12H18N2O/c1-3-4-10-5-6-11(9(10)2)14-12-13-7-8-15-12/h3-4,11H,5-8H2,1-2H3,(H,13,14)/b4-3-. The number of aliphatic imine (C=N–C) groups is 1. The van der Waals surface area contributed by atoms with Crippen LogP contribution in [0.5, 0.6) is 0 Å². The summed E-state index contributed by atoms with van der Waals surface area (Å²) in [6.07, 6.45) is 6.61. The third kappa shape index (κ3) is 2.22. The van der Waals surface area contributed by atoms with E-state index in [4.69, 9.17) is 4.74 Å². The Morgan fingerprint density at radius 3 is 3.07 bits per heavy atom. The first-order valence-electron chi connectivity index (χ1n) is 5.57. The Bertz CT molecular complexity index is 329. The van der Waals surface area contributed by atoms with Gasteiger partial charge in [-0.2, -0.15) is 0 Å². The summed E-state index contributed by atoms with van der Waals surface area (Å²) in [5, 5.41) is 3.35. The zero-order valence-electron chi connectivity index (χ0n) is 9.42. The lowest BCUT2D eigenvalue weighted by atomic mass is 10.1.